The number of aromatic nitrogens is 2. The molecule has 2 aromatic rings. The van der Waals surface area contributed by atoms with Crippen molar-refractivity contribution in [1.82, 2.24) is 14.9 Å². The molecule has 3 N–H and O–H groups in total. The molecule has 10 nitrogen and oxygen atoms in total. The molecule has 1 amide bonds. The summed E-state index contributed by atoms with van der Waals surface area (Å²) >= 11 is 0. The first-order valence-electron chi connectivity index (χ1n) is 9.30. The molecule has 0 radical (unpaired) electrons. The lowest BCUT2D eigenvalue weighted by Crippen LogP contribution is -2.50. The van der Waals surface area contributed by atoms with Crippen molar-refractivity contribution >= 4 is 28.8 Å². The first-order chi connectivity index (χ1) is 13.7. The minimum atomic E-state index is -1.06. The number of piperazine rings is 1. The van der Waals surface area contributed by atoms with Gasteiger partial charge < -0.3 is 34.9 Å². The maximum Gasteiger partial charge on any atom is 0.409 e. The summed E-state index contributed by atoms with van der Waals surface area (Å²) in [7, 11) is 3.12. The van der Waals surface area contributed by atoms with E-state index in [2.05, 4.69) is 9.97 Å². The van der Waals surface area contributed by atoms with Crippen LogP contribution in [-0.4, -0.2) is 78.7 Å². The third-order valence-corrected chi connectivity index (χ3v) is 4.59. The van der Waals surface area contributed by atoms with Crippen molar-refractivity contribution in [2.45, 2.75) is 19.4 Å². The topological polar surface area (TPSA) is 123 Å². The average Bonchev–Trinajstić information content (AvgIpc) is 2.70. The molecule has 1 aliphatic heterocycles. The molecule has 2 heterocycles. The number of carbonyl (C=O) groups is 1. The van der Waals surface area contributed by atoms with Crippen molar-refractivity contribution in [3.8, 4) is 11.5 Å². The third-order valence-electron chi connectivity index (χ3n) is 4.59. The Kier molecular flexibility index (Phi) is 5.83. The zero-order valence-electron chi connectivity index (χ0n) is 17.1. The maximum absolute atomic E-state index is 12.1. The quantitative estimate of drug-likeness (QED) is 0.756. The molecule has 158 valence electrons. The van der Waals surface area contributed by atoms with E-state index in [1.807, 2.05) is 4.90 Å². The van der Waals surface area contributed by atoms with Gasteiger partial charge in [-0.25, -0.2) is 9.78 Å². The van der Waals surface area contributed by atoms with Gasteiger partial charge in [0.2, 0.25) is 5.95 Å². The van der Waals surface area contributed by atoms with Crippen LogP contribution in [0.15, 0.2) is 12.1 Å². The SMILES string of the molecule is COc1cc2nc(N3CCN(C(=O)OCC(C)(C)O)CC3)nc(N)c2cc1OC. The number of aliphatic hydroxyl groups is 1. The van der Waals surface area contributed by atoms with Gasteiger partial charge in [0.15, 0.2) is 11.5 Å². The molecule has 1 aromatic heterocycles. The second-order valence-electron chi connectivity index (χ2n) is 7.47. The molecule has 0 spiro atoms. The van der Waals surface area contributed by atoms with Crippen molar-refractivity contribution in [2.75, 3.05) is 57.6 Å². The van der Waals surface area contributed by atoms with E-state index >= 15 is 0 Å². The Morgan fingerprint density at radius 1 is 1.14 bits per heavy atom. The Hall–Kier alpha value is -3.01. The van der Waals surface area contributed by atoms with Gasteiger partial charge in [0, 0.05) is 37.6 Å². The van der Waals surface area contributed by atoms with Crippen LogP contribution >= 0.6 is 0 Å². The summed E-state index contributed by atoms with van der Waals surface area (Å²) in [5, 5.41) is 10.4. The molecule has 10 heteroatoms. The summed E-state index contributed by atoms with van der Waals surface area (Å²) in [5.41, 5.74) is 5.74. The van der Waals surface area contributed by atoms with Crippen molar-refractivity contribution < 1.29 is 24.1 Å². The number of hydrogen-bond donors (Lipinski definition) is 2. The highest BCUT2D eigenvalue weighted by molar-refractivity contribution is 5.91. The van der Waals surface area contributed by atoms with E-state index in [0.717, 1.165) is 0 Å². The van der Waals surface area contributed by atoms with E-state index in [-0.39, 0.29) is 6.61 Å². The lowest BCUT2D eigenvalue weighted by molar-refractivity contribution is -0.00415. The van der Waals surface area contributed by atoms with Crippen LogP contribution in [0.5, 0.6) is 11.5 Å². The second kappa shape index (κ2) is 8.16. The van der Waals surface area contributed by atoms with Gasteiger partial charge in [-0.05, 0) is 19.9 Å². The Balaban J connectivity index is 1.73. The van der Waals surface area contributed by atoms with Crippen LogP contribution in [0.2, 0.25) is 0 Å². The predicted molar refractivity (Wildman–Crippen MR) is 108 cm³/mol. The van der Waals surface area contributed by atoms with Gasteiger partial charge in [-0.1, -0.05) is 0 Å². The van der Waals surface area contributed by atoms with Crippen LogP contribution in [0.1, 0.15) is 13.8 Å². The van der Waals surface area contributed by atoms with Crippen molar-refractivity contribution in [2.24, 2.45) is 0 Å². The summed E-state index contributed by atoms with van der Waals surface area (Å²) in [6.45, 7) is 5.11. The number of nitrogen functional groups attached to an aromatic ring is 1. The van der Waals surface area contributed by atoms with E-state index < -0.39 is 11.7 Å². The Bertz CT molecular complexity index is 891. The van der Waals surface area contributed by atoms with Crippen molar-refractivity contribution in [3.63, 3.8) is 0 Å². The number of nitrogens with zero attached hydrogens (tertiary/aromatic N) is 4. The minimum Gasteiger partial charge on any atom is -0.493 e. The highest BCUT2D eigenvalue weighted by atomic mass is 16.6. The molecule has 3 rings (SSSR count). The monoisotopic (exact) mass is 405 g/mol. The number of carbonyl (C=O) groups excluding carboxylic acids is 1. The minimum absolute atomic E-state index is 0.0539. The van der Waals surface area contributed by atoms with E-state index in [9.17, 15) is 9.90 Å². The lowest BCUT2D eigenvalue weighted by atomic mass is 10.2. The molecule has 1 aromatic carbocycles. The van der Waals surface area contributed by atoms with Crippen LogP contribution in [0.4, 0.5) is 16.6 Å². The van der Waals surface area contributed by atoms with Gasteiger partial charge in [-0.15, -0.1) is 0 Å². The number of benzene rings is 1. The Morgan fingerprint density at radius 3 is 2.34 bits per heavy atom. The van der Waals surface area contributed by atoms with Crippen molar-refractivity contribution in [3.05, 3.63) is 12.1 Å². The van der Waals surface area contributed by atoms with Gasteiger partial charge >= 0.3 is 6.09 Å². The number of nitrogens with two attached hydrogens (primary N) is 1. The zero-order valence-corrected chi connectivity index (χ0v) is 17.1. The lowest BCUT2D eigenvalue weighted by Gasteiger charge is -2.34. The molecular weight excluding hydrogens is 378 g/mol. The fourth-order valence-electron chi connectivity index (χ4n) is 3.03. The highest BCUT2D eigenvalue weighted by Gasteiger charge is 2.26. The van der Waals surface area contributed by atoms with Crippen LogP contribution in [-0.2, 0) is 4.74 Å². The molecule has 0 bridgehead atoms. The number of methoxy groups -OCH3 is 2. The average molecular weight is 405 g/mol. The standard InChI is InChI=1S/C19H27N5O5/c1-19(2,26)11-29-18(25)24-7-5-23(6-8-24)17-21-13-10-15(28-4)14(27-3)9-12(13)16(20)22-17/h9-10,26H,5-8,11H2,1-4H3,(H2,20,21,22). The number of hydrogen-bond acceptors (Lipinski definition) is 9. The van der Waals surface area contributed by atoms with Crippen LogP contribution in [0.25, 0.3) is 10.9 Å². The predicted octanol–water partition coefficient (Wildman–Crippen LogP) is 1.26. The number of fused-ring (bicyclic) bond motifs is 1. The molecule has 0 aliphatic carbocycles. The van der Waals surface area contributed by atoms with Crippen LogP contribution < -0.4 is 20.1 Å². The summed E-state index contributed by atoms with van der Waals surface area (Å²) < 4.78 is 15.8. The van der Waals surface area contributed by atoms with Gasteiger partial charge in [0.25, 0.3) is 0 Å². The van der Waals surface area contributed by atoms with Gasteiger partial charge in [-0.2, -0.15) is 4.98 Å². The maximum atomic E-state index is 12.1. The molecule has 0 atom stereocenters. The first kappa shape index (κ1) is 20.7. The fourth-order valence-corrected chi connectivity index (χ4v) is 3.03. The fraction of sp³-hybridized carbons (Fsp3) is 0.526. The third kappa shape index (κ3) is 4.70. The highest BCUT2D eigenvalue weighted by Crippen LogP contribution is 2.34. The van der Waals surface area contributed by atoms with E-state index in [4.69, 9.17) is 19.9 Å². The number of rotatable bonds is 5. The van der Waals surface area contributed by atoms with E-state index in [1.54, 1.807) is 45.1 Å². The normalized spacial score (nSPS) is 14.8. The van der Waals surface area contributed by atoms with E-state index in [0.29, 0.717) is 60.3 Å². The van der Waals surface area contributed by atoms with Gasteiger partial charge in [0.1, 0.15) is 12.4 Å². The summed E-state index contributed by atoms with van der Waals surface area (Å²) in [6, 6.07) is 3.52. The number of amides is 1. The molecule has 29 heavy (non-hydrogen) atoms. The molecule has 1 saturated heterocycles. The first-order valence-corrected chi connectivity index (χ1v) is 9.30. The Labute approximate surface area is 169 Å². The number of ether oxygens (including phenoxy) is 3. The molecule has 0 saturated carbocycles. The summed E-state index contributed by atoms with van der Waals surface area (Å²) in [5.74, 6) is 1.95. The van der Waals surface area contributed by atoms with Crippen LogP contribution in [0, 0.1) is 0 Å². The van der Waals surface area contributed by atoms with E-state index in [1.165, 1.54) is 0 Å². The van der Waals surface area contributed by atoms with Gasteiger partial charge in [-0.3, -0.25) is 0 Å². The largest absolute Gasteiger partial charge is 0.493 e. The molecular formula is C19H27N5O5. The number of anilines is 2. The molecule has 1 aliphatic rings. The van der Waals surface area contributed by atoms with Crippen molar-refractivity contribution in [1.29, 1.82) is 0 Å². The Morgan fingerprint density at radius 2 is 1.76 bits per heavy atom. The molecule has 0 unspecified atom stereocenters. The van der Waals surface area contributed by atoms with Crippen LogP contribution in [0.3, 0.4) is 0 Å². The zero-order chi connectivity index (χ0) is 21.2. The smallest absolute Gasteiger partial charge is 0.409 e. The summed E-state index contributed by atoms with van der Waals surface area (Å²) in [4.78, 5) is 24.7. The molecule has 1 fully saturated rings. The van der Waals surface area contributed by atoms with Gasteiger partial charge in [0.05, 0.1) is 25.3 Å². The second-order valence-corrected chi connectivity index (χ2v) is 7.47. The summed E-state index contributed by atoms with van der Waals surface area (Å²) in [6.07, 6.45) is -0.442.